The lowest BCUT2D eigenvalue weighted by Crippen LogP contribution is -2.37. The van der Waals surface area contributed by atoms with Crippen molar-refractivity contribution >= 4 is 5.78 Å². The van der Waals surface area contributed by atoms with Crippen molar-refractivity contribution in [3.05, 3.63) is 65.0 Å². The molecular formula is C25H21FO10. The molecule has 5 N–H and O–H groups in total. The number of aliphatic hydroxyl groups excluding tert-OH is 2. The van der Waals surface area contributed by atoms with Gasteiger partial charge in [-0.15, -0.1) is 0 Å². The normalized spacial score (nSPS) is 22.5. The van der Waals surface area contributed by atoms with E-state index < -0.39 is 54.1 Å². The van der Waals surface area contributed by atoms with E-state index in [9.17, 15) is 34.7 Å². The number of ether oxygens (including phenoxy) is 4. The van der Waals surface area contributed by atoms with Gasteiger partial charge in [-0.2, -0.15) is 0 Å². The number of phenolic OH excluding ortho intramolecular Hbond substituents is 3. The summed E-state index contributed by atoms with van der Waals surface area (Å²) in [6.07, 6.45) is -4.97. The lowest BCUT2D eigenvalue weighted by atomic mass is 9.92. The molecule has 0 bridgehead atoms. The van der Waals surface area contributed by atoms with Gasteiger partial charge in [-0.1, -0.05) is 6.07 Å². The predicted molar refractivity (Wildman–Crippen MR) is 119 cm³/mol. The van der Waals surface area contributed by atoms with Crippen molar-refractivity contribution in [2.75, 3.05) is 13.7 Å². The maximum atomic E-state index is 13.8. The van der Waals surface area contributed by atoms with E-state index in [-0.39, 0.29) is 39.9 Å². The van der Waals surface area contributed by atoms with Crippen molar-refractivity contribution in [2.24, 2.45) is 0 Å². The zero-order chi connectivity index (χ0) is 25.7. The summed E-state index contributed by atoms with van der Waals surface area (Å²) in [6.45, 7) is -0.473. The van der Waals surface area contributed by atoms with Crippen LogP contribution in [0.15, 0.2) is 42.5 Å². The Kier molecular flexibility index (Phi) is 5.73. The minimum absolute atomic E-state index is 0.0166. The standard InChI is InChI=1S/C25H21FO10/c1-33-16-5-10(2-3-13(16)28)23-19(9-27)36-25-15(30)4-11(6-18(25)35-23)24-22(32)21(31)20-14(29)7-12(26)8-17(20)34-24/h2-8,19,22-24,27-30,32H,9H2,1H3. The van der Waals surface area contributed by atoms with Crippen LogP contribution in [0.5, 0.6) is 40.2 Å². The lowest BCUT2D eigenvalue weighted by molar-refractivity contribution is -0.0148. The number of Topliss-reactive ketones (excluding diaryl/α,β-unsaturated/α-hetero) is 1. The summed E-state index contributed by atoms with van der Waals surface area (Å²) in [6, 6.07) is 8.64. The summed E-state index contributed by atoms with van der Waals surface area (Å²) < 4.78 is 36.4. The molecule has 188 valence electrons. The van der Waals surface area contributed by atoms with Gasteiger partial charge in [0.2, 0.25) is 11.5 Å². The van der Waals surface area contributed by atoms with Gasteiger partial charge < -0.3 is 44.5 Å². The van der Waals surface area contributed by atoms with Crippen molar-refractivity contribution in [3.8, 4) is 40.2 Å². The Morgan fingerprint density at radius 1 is 0.889 bits per heavy atom. The van der Waals surface area contributed by atoms with Crippen LogP contribution in [-0.4, -0.2) is 57.2 Å². The Morgan fingerprint density at radius 2 is 1.64 bits per heavy atom. The van der Waals surface area contributed by atoms with Crippen molar-refractivity contribution < 1.29 is 53.7 Å². The van der Waals surface area contributed by atoms with Gasteiger partial charge in [0.25, 0.3) is 0 Å². The first kappa shape index (κ1) is 23.5. The highest BCUT2D eigenvalue weighted by Gasteiger charge is 2.41. The van der Waals surface area contributed by atoms with Crippen LogP contribution in [0, 0.1) is 5.82 Å². The topological polar surface area (TPSA) is 155 Å². The zero-order valence-electron chi connectivity index (χ0n) is 18.7. The second-order valence-corrected chi connectivity index (χ2v) is 8.32. The molecule has 0 aromatic heterocycles. The van der Waals surface area contributed by atoms with Crippen LogP contribution in [0.3, 0.4) is 0 Å². The Balaban J connectivity index is 1.53. The molecule has 11 heteroatoms. The third-order valence-electron chi connectivity index (χ3n) is 6.06. The molecule has 4 unspecified atom stereocenters. The Bertz CT molecular complexity index is 1360. The molecule has 36 heavy (non-hydrogen) atoms. The summed E-state index contributed by atoms with van der Waals surface area (Å²) >= 11 is 0. The summed E-state index contributed by atoms with van der Waals surface area (Å²) in [4.78, 5) is 12.7. The quantitative estimate of drug-likeness (QED) is 0.361. The molecule has 0 fully saturated rings. The Hall–Kier alpha value is -4.22. The maximum Gasteiger partial charge on any atom is 0.203 e. The first-order valence-corrected chi connectivity index (χ1v) is 10.8. The minimum Gasteiger partial charge on any atom is -0.507 e. The fourth-order valence-electron chi connectivity index (χ4n) is 4.34. The molecule has 0 spiro atoms. The molecule has 0 saturated heterocycles. The largest absolute Gasteiger partial charge is 0.507 e. The molecule has 4 atom stereocenters. The number of halogens is 1. The number of carbonyl (C=O) groups is 1. The molecular weight excluding hydrogens is 479 g/mol. The smallest absolute Gasteiger partial charge is 0.203 e. The van der Waals surface area contributed by atoms with Gasteiger partial charge in [0.15, 0.2) is 47.4 Å². The van der Waals surface area contributed by atoms with Gasteiger partial charge in [0.05, 0.1) is 13.7 Å². The second-order valence-electron chi connectivity index (χ2n) is 8.32. The molecule has 0 aliphatic carbocycles. The number of phenols is 3. The molecule has 3 aromatic rings. The average molecular weight is 500 g/mol. The highest BCUT2D eigenvalue weighted by Crippen LogP contribution is 2.49. The van der Waals surface area contributed by atoms with Gasteiger partial charge in [-0.25, -0.2) is 4.39 Å². The van der Waals surface area contributed by atoms with Crippen LogP contribution in [0.1, 0.15) is 33.7 Å². The molecule has 0 saturated carbocycles. The fraction of sp³-hybridized carbons (Fsp3) is 0.240. The Labute approximate surface area is 203 Å². The number of carbonyl (C=O) groups excluding carboxylic acids is 1. The predicted octanol–water partition coefficient (Wildman–Crippen LogP) is 2.50. The van der Waals surface area contributed by atoms with E-state index in [2.05, 4.69) is 0 Å². The summed E-state index contributed by atoms with van der Waals surface area (Å²) in [5.74, 6) is -3.08. The summed E-state index contributed by atoms with van der Waals surface area (Å²) in [5.41, 5.74) is 0.242. The number of hydrogen-bond acceptors (Lipinski definition) is 10. The molecule has 5 rings (SSSR count). The van der Waals surface area contributed by atoms with Gasteiger partial charge >= 0.3 is 0 Å². The maximum absolute atomic E-state index is 13.8. The van der Waals surface area contributed by atoms with Crippen LogP contribution in [0.4, 0.5) is 4.39 Å². The van der Waals surface area contributed by atoms with Gasteiger partial charge in [-0.05, 0) is 24.3 Å². The molecule has 0 amide bonds. The third kappa shape index (κ3) is 3.78. The first-order chi connectivity index (χ1) is 17.2. The highest BCUT2D eigenvalue weighted by molar-refractivity contribution is 6.05. The molecule has 0 radical (unpaired) electrons. The van der Waals surface area contributed by atoms with Crippen LogP contribution < -0.4 is 18.9 Å². The van der Waals surface area contributed by atoms with Crippen LogP contribution in [0.2, 0.25) is 0 Å². The fourth-order valence-corrected chi connectivity index (χ4v) is 4.34. The van der Waals surface area contributed by atoms with Crippen molar-refractivity contribution in [1.82, 2.24) is 0 Å². The number of rotatable bonds is 4. The number of aromatic hydroxyl groups is 3. The molecule has 3 aromatic carbocycles. The third-order valence-corrected chi connectivity index (χ3v) is 6.06. The SMILES string of the molecule is COc1cc(C2Oc3cc(C4Oc5cc(F)cc(O)c5C(=O)C4O)cc(O)c3OC2CO)ccc1O. The van der Waals surface area contributed by atoms with Gasteiger partial charge in [0, 0.05) is 23.3 Å². The zero-order valence-corrected chi connectivity index (χ0v) is 18.7. The minimum atomic E-state index is -1.78. The van der Waals surface area contributed by atoms with E-state index in [1.165, 1.54) is 31.4 Å². The van der Waals surface area contributed by atoms with Crippen LogP contribution in [0.25, 0.3) is 0 Å². The first-order valence-electron chi connectivity index (χ1n) is 10.8. The average Bonchev–Trinajstić information content (AvgIpc) is 2.85. The van der Waals surface area contributed by atoms with E-state index >= 15 is 0 Å². The second kappa shape index (κ2) is 8.77. The Morgan fingerprint density at radius 3 is 2.36 bits per heavy atom. The van der Waals surface area contributed by atoms with E-state index in [0.717, 1.165) is 12.1 Å². The van der Waals surface area contributed by atoms with E-state index in [4.69, 9.17) is 18.9 Å². The van der Waals surface area contributed by atoms with Crippen molar-refractivity contribution in [1.29, 1.82) is 0 Å². The molecule has 2 aliphatic heterocycles. The number of fused-ring (bicyclic) bond motifs is 2. The van der Waals surface area contributed by atoms with Crippen LogP contribution in [-0.2, 0) is 0 Å². The highest BCUT2D eigenvalue weighted by atomic mass is 19.1. The summed E-state index contributed by atoms with van der Waals surface area (Å²) in [5, 5.41) is 51.0. The van der Waals surface area contributed by atoms with E-state index in [1.54, 1.807) is 6.07 Å². The monoisotopic (exact) mass is 500 g/mol. The van der Waals surface area contributed by atoms with E-state index in [0.29, 0.717) is 5.56 Å². The molecule has 10 nitrogen and oxygen atoms in total. The van der Waals surface area contributed by atoms with Gasteiger partial charge in [-0.3, -0.25) is 4.79 Å². The number of hydrogen-bond donors (Lipinski definition) is 5. The summed E-state index contributed by atoms with van der Waals surface area (Å²) in [7, 11) is 1.38. The van der Waals surface area contributed by atoms with Crippen LogP contribution >= 0.6 is 0 Å². The van der Waals surface area contributed by atoms with Crippen molar-refractivity contribution in [2.45, 2.75) is 24.4 Å². The van der Waals surface area contributed by atoms with E-state index in [1.807, 2.05) is 0 Å². The number of benzene rings is 3. The molecule has 2 heterocycles. The van der Waals surface area contributed by atoms with Gasteiger partial charge in [0.1, 0.15) is 22.9 Å². The molecule has 2 aliphatic rings. The van der Waals surface area contributed by atoms with Crippen molar-refractivity contribution in [3.63, 3.8) is 0 Å². The number of aliphatic hydroxyl groups is 2. The number of ketones is 1. The number of methoxy groups -OCH3 is 1. The lowest BCUT2D eigenvalue weighted by Gasteiger charge is -2.35.